The van der Waals surface area contributed by atoms with Crippen molar-refractivity contribution in [3.63, 3.8) is 0 Å². The highest BCUT2D eigenvalue weighted by atomic mass is 19.1. The molecule has 0 amide bonds. The summed E-state index contributed by atoms with van der Waals surface area (Å²) in [5, 5.41) is 5.18. The molecule has 88 valence electrons. The van der Waals surface area contributed by atoms with Crippen LogP contribution in [0.4, 0.5) is 4.39 Å². The maximum absolute atomic E-state index is 13.4. The summed E-state index contributed by atoms with van der Waals surface area (Å²) in [5.74, 6) is -0.450. The Morgan fingerprint density at radius 2 is 2.00 bits per heavy atom. The number of carbonyl (C=O) groups is 1. The molecule has 1 heterocycles. The van der Waals surface area contributed by atoms with E-state index in [9.17, 15) is 9.18 Å². The predicted octanol–water partition coefficient (Wildman–Crippen LogP) is 2.98. The normalized spacial score (nSPS) is 10.7. The number of para-hydroxylation sites is 1. The first-order valence-corrected chi connectivity index (χ1v) is 5.47. The Morgan fingerprint density at radius 1 is 1.17 bits per heavy atom. The molecule has 0 aliphatic rings. The fourth-order valence-electron chi connectivity index (χ4n) is 1.96. The van der Waals surface area contributed by atoms with Crippen LogP contribution < -0.4 is 0 Å². The van der Waals surface area contributed by atoms with E-state index in [1.54, 1.807) is 16.9 Å². The topological polar surface area (TPSA) is 34.9 Å². The molecule has 0 saturated carbocycles. The lowest BCUT2D eigenvalue weighted by Gasteiger charge is -2.04. The van der Waals surface area contributed by atoms with Gasteiger partial charge in [-0.05, 0) is 24.3 Å². The van der Waals surface area contributed by atoms with Crippen LogP contribution in [0.3, 0.4) is 0 Å². The number of hydrogen-bond acceptors (Lipinski definition) is 2. The Bertz CT molecular complexity index is 733. The molecule has 0 unspecified atom stereocenters. The van der Waals surface area contributed by atoms with Crippen molar-refractivity contribution in [1.29, 1.82) is 0 Å². The monoisotopic (exact) mass is 240 g/mol. The molecule has 3 aromatic rings. The minimum atomic E-state index is -0.450. The standard InChI is InChI=1S/C14H9FN2O/c15-12-5-10(9-18)6-13(7-12)17-14-4-2-1-3-11(14)8-16-17/h1-9H. The molecule has 0 aliphatic carbocycles. The number of aldehydes is 1. The summed E-state index contributed by atoms with van der Waals surface area (Å²) in [6.45, 7) is 0. The predicted molar refractivity (Wildman–Crippen MR) is 66.4 cm³/mol. The van der Waals surface area contributed by atoms with Crippen LogP contribution >= 0.6 is 0 Å². The third kappa shape index (κ3) is 1.68. The van der Waals surface area contributed by atoms with E-state index in [0.717, 1.165) is 10.9 Å². The third-order valence-electron chi connectivity index (χ3n) is 2.76. The minimum Gasteiger partial charge on any atom is -0.298 e. The van der Waals surface area contributed by atoms with Gasteiger partial charge < -0.3 is 0 Å². The molecular formula is C14H9FN2O. The molecule has 3 nitrogen and oxygen atoms in total. The first-order valence-electron chi connectivity index (χ1n) is 5.47. The summed E-state index contributed by atoms with van der Waals surface area (Å²) < 4.78 is 15.0. The second-order valence-electron chi connectivity index (χ2n) is 3.98. The van der Waals surface area contributed by atoms with Gasteiger partial charge in [-0.25, -0.2) is 9.07 Å². The Hall–Kier alpha value is -2.49. The molecule has 1 aromatic heterocycles. The lowest BCUT2D eigenvalue weighted by molar-refractivity contribution is 0.112. The van der Waals surface area contributed by atoms with Gasteiger partial charge in [0.05, 0.1) is 17.4 Å². The summed E-state index contributed by atoms with van der Waals surface area (Å²) in [7, 11) is 0. The summed E-state index contributed by atoms with van der Waals surface area (Å²) >= 11 is 0. The second kappa shape index (κ2) is 4.07. The van der Waals surface area contributed by atoms with Crippen LogP contribution in [0.5, 0.6) is 0 Å². The number of nitrogens with zero attached hydrogens (tertiary/aromatic N) is 2. The lowest BCUT2D eigenvalue weighted by Crippen LogP contribution is -1.98. The van der Waals surface area contributed by atoms with E-state index in [-0.39, 0.29) is 0 Å². The average molecular weight is 240 g/mol. The molecule has 0 fully saturated rings. The highest BCUT2D eigenvalue weighted by Gasteiger charge is 2.06. The summed E-state index contributed by atoms with van der Waals surface area (Å²) in [5.41, 5.74) is 1.71. The average Bonchev–Trinajstić information content (AvgIpc) is 2.81. The van der Waals surface area contributed by atoms with Crippen molar-refractivity contribution in [2.75, 3.05) is 0 Å². The zero-order valence-corrected chi connectivity index (χ0v) is 9.38. The second-order valence-corrected chi connectivity index (χ2v) is 3.98. The SMILES string of the molecule is O=Cc1cc(F)cc(-n2ncc3ccccc32)c1. The van der Waals surface area contributed by atoms with Gasteiger partial charge in [0, 0.05) is 10.9 Å². The van der Waals surface area contributed by atoms with E-state index < -0.39 is 5.82 Å². The zero-order valence-electron chi connectivity index (χ0n) is 9.38. The first-order chi connectivity index (χ1) is 8.78. The van der Waals surface area contributed by atoms with Gasteiger partial charge >= 0.3 is 0 Å². The molecule has 0 bridgehead atoms. The van der Waals surface area contributed by atoms with Gasteiger partial charge in [-0.1, -0.05) is 18.2 Å². The van der Waals surface area contributed by atoms with Crippen LogP contribution in [0.15, 0.2) is 48.7 Å². The summed E-state index contributed by atoms with van der Waals surface area (Å²) in [6, 6.07) is 11.8. The molecule has 0 spiro atoms. The van der Waals surface area contributed by atoms with Crippen molar-refractivity contribution in [3.8, 4) is 5.69 Å². The largest absolute Gasteiger partial charge is 0.298 e. The fraction of sp³-hybridized carbons (Fsp3) is 0. The summed E-state index contributed by atoms with van der Waals surface area (Å²) in [4.78, 5) is 10.7. The van der Waals surface area contributed by atoms with Crippen LogP contribution in [-0.2, 0) is 0 Å². The maximum Gasteiger partial charge on any atom is 0.150 e. The highest BCUT2D eigenvalue weighted by molar-refractivity contribution is 5.81. The molecule has 18 heavy (non-hydrogen) atoms. The van der Waals surface area contributed by atoms with Crippen molar-refractivity contribution in [1.82, 2.24) is 9.78 Å². The van der Waals surface area contributed by atoms with Gasteiger partial charge in [0.1, 0.15) is 12.1 Å². The molecule has 4 heteroatoms. The van der Waals surface area contributed by atoms with Crippen molar-refractivity contribution < 1.29 is 9.18 Å². The van der Waals surface area contributed by atoms with Crippen LogP contribution in [-0.4, -0.2) is 16.1 Å². The molecular weight excluding hydrogens is 231 g/mol. The van der Waals surface area contributed by atoms with E-state index in [1.165, 1.54) is 12.1 Å². The van der Waals surface area contributed by atoms with E-state index in [2.05, 4.69) is 5.10 Å². The number of hydrogen-bond donors (Lipinski definition) is 0. The number of rotatable bonds is 2. The number of carbonyl (C=O) groups excluding carboxylic acids is 1. The molecule has 2 aromatic carbocycles. The Balaban J connectivity index is 2.25. The van der Waals surface area contributed by atoms with Gasteiger partial charge in [0.2, 0.25) is 0 Å². The van der Waals surface area contributed by atoms with Crippen molar-refractivity contribution >= 4 is 17.2 Å². The van der Waals surface area contributed by atoms with Crippen molar-refractivity contribution in [2.24, 2.45) is 0 Å². The van der Waals surface area contributed by atoms with Crippen LogP contribution in [0.1, 0.15) is 10.4 Å². The Morgan fingerprint density at radius 3 is 2.83 bits per heavy atom. The van der Waals surface area contributed by atoms with Gasteiger partial charge in [0.25, 0.3) is 0 Å². The Labute approximate surface area is 102 Å². The molecule has 0 atom stereocenters. The smallest absolute Gasteiger partial charge is 0.150 e. The minimum absolute atomic E-state index is 0.296. The van der Waals surface area contributed by atoms with Gasteiger partial charge in [-0.15, -0.1) is 0 Å². The van der Waals surface area contributed by atoms with E-state index in [4.69, 9.17) is 0 Å². The van der Waals surface area contributed by atoms with Crippen LogP contribution in [0.25, 0.3) is 16.6 Å². The van der Waals surface area contributed by atoms with E-state index >= 15 is 0 Å². The fourth-order valence-corrected chi connectivity index (χ4v) is 1.96. The number of halogens is 1. The zero-order chi connectivity index (χ0) is 12.5. The third-order valence-corrected chi connectivity index (χ3v) is 2.76. The van der Waals surface area contributed by atoms with Gasteiger partial charge in [-0.2, -0.15) is 5.10 Å². The van der Waals surface area contributed by atoms with Crippen LogP contribution in [0, 0.1) is 5.82 Å². The number of fused-ring (bicyclic) bond motifs is 1. The molecule has 0 aliphatic heterocycles. The molecule has 3 rings (SSSR count). The molecule has 0 saturated heterocycles. The lowest BCUT2D eigenvalue weighted by atomic mass is 10.2. The van der Waals surface area contributed by atoms with Crippen molar-refractivity contribution in [3.05, 3.63) is 60.0 Å². The van der Waals surface area contributed by atoms with E-state index in [1.807, 2.05) is 24.3 Å². The van der Waals surface area contributed by atoms with Crippen LogP contribution in [0.2, 0.25) is 0 Å². The van der Waals surface area contributed by atoms with Crippen molar-refractivity contribution in [2.45, 2.75) is 0 Å². The molecule has 0 N–H and O–H groups in total. The maximum atomic E-state index is 13.4. The van der Waals surface area contributed by atoms with Gasteiger partial charge in [0.15, 0.2) is 0 Å². The summed E-state index contributed by atoms with van der Waals surface area (Å²) in [6.07, 6.45) is 2.33. The molecule has 0 radical (unpaired) electrons. The van der Waals surface area contributed by atoms with Gasteiger partial charge in [-0.3, -0.25) is 4.79 Å². The highest BCUT2D eigenvalue weighted by Crippen LogP contribution is 2.19. The Kier molecular flexibility index (Phi) is 2.41. The first kappa shape index (κ1) is 10.7. The number of benzene rings is 2. The van der Waals surface area contributed by atoms with E-state index in [0.29, 0.717) is 17.5 Å². The quantitative estimate of drug-likeness (QED) is 0.645. The number of aromatic nitrogens is 2.